The van der Waals surface area contributed by atoms with Gasteiger partial charge in [0.05, 0.1) is 25.7 Å². The van der Waals surface area contributed by atoms with E-state index >= 15 is 0 Å². The van der Waals surface area contributed by atoms with Crippen LogP contribution in [0.25, 0.3) is 0 Å². The van der Waals surface area contributed by atoms with E-state index in [0.29, 0.717) is 13.0 Å². The zero-order valence-electron chi connectivity index (χ0n) is 11.2. The summed E-state index contributed by atoms with van der Waals surface area (Å²) in [7, 11) is 1.71. The van der Waals surface area contributed by atoms with Crippen LogP contribution in [0.5, 0.6) is 5.75 Å². The number of rotatable bonds is 6. The number of benzene rings is 1. The maximum Gasteiger partial charge on any atom is 0.227 e. The van der Waals surface area contributed by atoms with Gasteiger partial charge in [0.2, 0.25) is 5.91 Å². The van der Waals surface area contributed by atoms with Crippen LogP contribution < -0.4 is 4.74 Å². The summed E-state index contributed by atoms with van der Waals surface area (Å²) < 4.78 is 5.34. The smallest absolute Gasteiger partial charge is 0.227 e. The second-order valence-corrected chi connectivity index (χ2v) is 4.29. The van der Waals surface area contributed by atoms with Crippen LogP contribution in [-0.4, -0.2) is 42.2 Å². The highest BCUT2D eigenvalue weighted by Gasteiger charge is 2.14. The van der Waals surface area contributed by atoms with Crippen molar-refractivity contribution in [1.29, 1.82) is 0 Å². The molecule has 0 saturated carbocycles. The fraction of sp³-hybridized carbons (Fsp3) is 0.500. The van der Waals surface area contributed by atoms with Crippen LogP contribution in [0.15, 0.2) is 24.3 Å². The van der Waals surface area contributed by atoms with Crippen molar-refractivity contribution in [2.75, 3.05) is 20.3 Å². The van der Waals surface area contributed by atoms with Gasteiger partial charge in [-0.2, -0.15) is 0 Å². The Kier molecular flexibility index (Phi) is 5.65. The molecule has 1 N–H and O–H groups in total. The number of likely N-dealkylation sites (N-methyl/N-ethyl adjacent to an activating group) is 1. The molecule has 1 aromatic rings. The van der Waals surface area contributed by atoms with E-state index in [1.165, 1.54) is 0 Å². The van der Waals surface area contributed by atoms with Crippen molar-refractivity contribution in [3.05, 3.63) is 29.8 Å². The van der Waals surface area contributed by atoms with Gasteiger partial charge in [0, 0.05) is 7.05 Å². The molecule has 18 heavy (non-hydrogen) atoms. The van der Waals surface area contributed by atoms with Gasteiger partial charge >= 0.3 is 0 Å². The summed E-state index contributed by atoms with van der Waals surface area (Å²) in [5.74, 6) is 0.812. The van der Waals surface area contributed by atoms with Gasteiger partial charge in [0.1, 0.15) is 5.75 Å². The van der Waals surface area contributed by atoms with Crippen molar-refractivity contribution in [1.82, 2.24) is 4.90 Å². The molecule has 0 saturated heterocycles. The molecule has 1 aromatic carbocycles. The van der Waals surface area contributed by atoms with Gasteiger partial charge in [-0.25, -0.2) is 0 Å². The second-order valence-electron chi connectivity index (χ2n) is 4.29. The summed E-state index contributed by atoms with van der Waals surface area (Å²) in [5, 5.41) is 9.01. The topological polar surface area (TPSA) is 49.8 Å². The zero-order chi connectivity index (χ0) is 13.5. The van der Waals surface area contributed by atoms with Crippen molar-refractivity contribution in [3.8, 4) is 5.75 Å². The summed E-state index contributed by atoms with van der Waals surface area (Å²) >= 11 is 0. The summed E-state index contributed by atoms with van der Waals surface area (Å²) in [6, 6.07) is 7.35. The van der Waals surface area contributed by atoms with Gasteiger partial charge in [-0.1, -0.05) is 12.1 Å². The highest BCUT2D eigenvalue weighted by Crippen LogP contribution is 2.13. The molecule has 4 heteroatoms. The van der Waals surface area contributed by atoms with Crippen LogP contribution in [0.3, 0.4) is 0 Å². The molecular weight excluding hydrogens is 230 g/mol. The lowest BCUT2D eigenvalue weighted by Gasteiger charge is -2.23. The highest BCUT2D eigenvalue weighted by atomic mass is 16.5. The van der Waals surface area contributed by atoms with Gasteiger partial charge in [0.15, 0.2) is 0 Å². The molecule has 0 spiro atoms. The van der Waals surface area contributed by atoms with Crippen LogP contribution in [0.2, 0.25) is 0 Å². The first kappa shape index (κ1) is 14.5. The first-order valence-electron chi connectivity index (χ1n) is 6.16. The van der Waals surface area contributed by atoms with Crippen molar-refractivity contribution in [2.24, 2.45) is 0 Å². The number of aliphatic hydroxyl groups excluding tert-OH is 1. The summed E-state index contributed by atoms with van der Waals surface area (Å²) in [6.07, 6.45) is 0.341. The molecule has 0 aliphatic heterocycles. The summed E-state index contributed by atoms with van der Waals surface area (Å²) in [4.78, 5) is 13.5. The average molecular weight is 251 g/mol. The van der Waals surface area contributed by atoms with Crippen molar-refractivity contribution >= 4 is 5.91 Å². The maximum atomic E-state index is 11.9. The number of ether oxygens (including phenoxy) is 1. The van der Waals surface area contributed by atoms with E-state index in [9.17, 15) is 4.79 Å². The van der Waals surface area contributed by atoms with E-state index in [4.69, 9.17) is 9.84 Å². The quantitative estimate of drug-likeness (QED) is 0.833. The molecular formula is C14H21NO3. The predicted octanol–water partition coefficient (Wildman–Crippen LogP) is 1.47. The van der Waals surface area contributed by atoms with Crippen molar-refractivity contribution in [2.45, 2.75) is 26.3 Å². The van der Waals surface area contributed by atoms with Crippen molar-refractivity contribution < 1.29 is 14.6 Å². The van der Waals surface area contributed by atoms with E-state index in [1.54, 1.807) is 11.9 Å². The SMILES string of the molecule is CCOc1ccc(CC(=O)N(C)C(C)CO)cc1. The van der Waals surface area contributed by atoms with E-state index < -0.39 is 0 Å². The van der Waals surface area contributed by atoms with Gasteiger partial charge < -0.3 is 14.7 Å². The van der Waals surface area contributed by atoms with Crippen LogP contribution in [-0.2, 0) is 11.2 Å². The molecule has 1 unspecified atom stereocenters. The van der Waals surface area contributed by atoms with Crippen LogP contribution in [0, 0.1) is 0 Å². The number of hydrogen-bond acceptors (Lipinski definition) is 3. The third-order valence-electron chi connectivity index (χ3n) is 2.91. The van der Waals surface area contributed by atoms with Crippen molar-refractivity contribution in [3.63, 3.8) is 0 Å². The monoisotopic (exact) mass is 251 g/mol. The van der Waals surface area contributed by atoms with E-state index in [1.807, 2.05) is 38.1 Å². The number of nitrogens with zero attached hydrogens (tertiary/aromatic N) is 1. The Bertz CT molecular complexity index is 375. The largest absolute Gasteiger partial charge is 0.494 e. The lowest BCUT2D eigenvalue weighted by atomic mass is 10.1. The third kappa shape index (κ3) is 4.04. The Hall–Kier alpha value is -1.55. The molecule has 1 rings (SSSR count). The number of carbonyl (C=O) groups is 1. The van der Waals surface area contributed by atoms with Crippen LogP contribution >= 0.6 is 0 Å². The molecule has 1 amide bonds. The molecule has 4 nitrogen and oxygen atoms in total. The van der Waals surface area contributed by atoms with E-state index in [2.05, 4.69) is 0 Å². The number of amides is 1. The number of aliphatic hydroxyl groups is 1. The minimum Gasteiger partial charge on any atom is -0.494 e. The molecule has 0 radical (unpaired) electrons. The first-order valence-corrected chi connectivity index (χ1v) is 6.16. The average Bonchev–Trinajstić information content (AvgIpc) is 2.39. The molecule has 0 heterocycles. The fourth-order valence-corrected chi connectivity index (χ4v) is 1.54. The highest BCUT2D eigenvalue weighted by molar-refractivity contribution is 5.78. The molecule has 100 valence electrons. The first-order chi connectivity index (χ1) is 8.58. The minimum atomic E-state index is -0.153. The van der Waals surface area contributed by atoms with Gasteiger partial charge in [-0.05, 0) is 31.5 Å². The van der Waals surface area contributed by atoms with Gasteiger partial charge in [-0.15, -0.1) is 0 Å². The Balaban J connectivity index is 2.59. The van der Waals surface area contributed by atoms with E-state index in [0.717, 1.165) is 11.3 Å². The molecule has 0 aromatic heterocycles. The Labute approximate surface area is 108 Å². The maximum absolute atomic E-state index is 11.9. The Morgan fingerprint density at radius 2 is 2.00 bits per heavy atom. The molecule has 1 atom stereocenters. The molecule has 0 aliphatic carbocycles. The zero-order valence-corrected chi connectivity index (χ0v) is 11.2. The standard InChI is InChI=1S/C14H21NO3/c1-4-18-13-7-5-12(6-8-13)9-14(17)15(3)11(2)10-16/h5-8,11,16H,4,9-10H2,1-3H3. The molecule has 0 bridgehead atoms. The van der Waals surface area contributed by atoms with Crippen LogP contribution in [0.4, 0.5) is 0 Å². The number of carbonyl (C=O) groups excluding carboxylic acids is 1. The van der Waals surface area contributed by atoms with Crippen LogP contribution in [0.1, 0.15) is 19.4 Å². The van der Waals surface area contributed by atoms with Gasteiger partial charge in [-0.3, -0.25) is 4.79 Å². The van der Waals surface area contributed by atoms with E-state index in [-0.39, 0.29) is 18.6 Å². The number of hydrogen-bond donors (Lipinski definition) is 1. The molecule has 0 aliphatic rings. The second kappa shape index (κ2) is 7.01. The van der Waals surface area contributed by atoms with Gasteiger partial charge in [0.25, 0.3) is 0 Å². The summed E-state index contributed by atoms with van der Waals surface area (Å²) in [5.41, 5.74) is 0.945. The fourth-order valence-electron chi connectivity index (χ4n) is 1.54. The minimum absolute atomic E-state index is 0.000657. The Morgan fingerprint density at radius 3 is 2.50 bits per heavy atom. The Morgan fingerprint density at radius 1 is 1.39 bits per heavy atom. The third-order valence-corrected chi connectivity index (χ3v) is 2.91. The lowest BCUT2D eigenvalue weighted by molar-refractivity contribution is -0.131. The lowest BCUT2D eigenvalue weighted by Crippen LogP contribution is -2.38. The molecule has 0 fully saturated rings. The predicted molar refractivity (Wildman–Crippen MR) is 70.6 cm³/mol. The summed E-state index contributed by atoms with van der Waals surface area (Å²) in [6.45, 7) is 4.36. The normalized spacial score (nSPS) is 12.0.